The Morgan fingerprint density at radius 2 is 1.97 bits per heavy atom. The van der Waals surface area contributed by atoms with Gasteiger partial charge in [-0.25, -0.2) is 4.79 Å². The zero-order chi connectivity index (χ0) is 28.2. The second-order valence-electron chi connectivity index (χ2n) is 9.72. The predicted molar refractivity (Wildman–Crippen MR) is 149 cm³/mol. The summed E-state index contributed by atoms with van der Waals surface area (Å²) in [7, 11) is 1.51. The standard InChI is InChI=1S/C26H26ClF3N4O3S2/c1-5-20(35)33-13(2)7-32(8-14(33)3)24-16-6-18(26(28,29)30)21(17-11-38-12-19(17)27)23-22(16)34(25(36)31-24)15(9-37-4)10-39-23/h5-6,11-15H,1,7-10H2,2-4H3/t13-,14+,15-/m0/s1. The Balaban J connectivity index is 1.81. The predicted octanol–water partition coefficient (Wildman–Crippen LogP) is 5.70. The highest BCUT2D eigenvalue weighted by atomic mass is 35.5. The lowest BCUT2D eigenvalue weighted by Gasteiger charge is -2.45. The van der Waals surface area contributed by atoms with Crippen LogP contribution in [-0.2, 0) is 15.7 Å². The number of methoxy groups -OCH3 is 1. The minimum atomic E-state index is -4.69. The number of rotatable bonds is 5. The number of halogens is 4. The van der Waals surface area contributed by atoms with Crippen molar-refractivity contribution in [2.24, 2.45) is 0 Å². The molecule has 0 bridgehead atoms. The minimum Gasteiger partial charge on any atom is -0.383 e. The van der Waals surface area contributed by atoms with Crippen molar-refractivity contribution in [3.63, 3.8) is 0 Å². The van der Waals surface area contributed by atoms with Crippen LogP contribution in [0, 0.1) is 0 Å². The van der Waals surface area contributed by atoms with Gasteiger partial charge in [-0.1, -0.05) is 18.2 Å². The molecule has 2 aliphatic rings. The second-order valence-corrected chi connectivity index (χ2v) is 11.9. The Hall–Kier alpha value is -2.54. The van der Waals surface area contributed by atoms with E-state index in [1.54, 1.807) is 20.6 Å². The molecular formula is C26H26ClF3N4O3S2. The van der Waals surface area contributed by atoms with Gasteiger partial charge in [-0.3, -0.25) is 9.36 Å². The Labute approximate surface area is 236 Å². The van der Waals surface area contributed by atoms with Gasteiger partial charge in [-0.2, -0.15) is 29.5 Å². The van der Waals surface area contributed by atoms with Crippen molar-refractivity contribution < 1.29 is 22.7 Å². The molecule has 0 radical (unpaired) electrons. The van der Waals surface area contributed by atoms with E-state index < -0.39 is 23.5 Å². The number of alkyl halides is 3. The number of carbonyl (C=O) groups excluding carboxylic acids is 1. The van der Waals surface area contributed by atoms with Gasteiger partial charge in [-0.05, 0) is 26.0 Å². The normalized spacial score (nSPS) is 21.5. The zero-order valence-electron chi connectivity index (χ0n) is 21.4. The van der Waals surface area contributed by atoms with Gasteiger partial charge >= 0.3 is 11.9 Å². The zero-order valence-corrected chi connectivity index (χ0v) is 23.8. The highest BCUT2D eigenvalue weighted by Gasteiger charge is 2.41. The molecule has 1 fully saturated rings. The maximum absolute atomic E-state index is 14.7. The first kappa shape index (κ1) is 28.0. The number of thioether (sulfide) groups is 1. The van der Waals surface area contributed by atoms with Gasteiger partial charge in [-0.15, -0.1) is 11.8 Å². The third-order valence-corrected chi connectivity index (χ3v) is 9.55. The Bertz CT molecular complexity index is 1510. The number of hydrogen-bond acceptors (Lipinski definition) is 7. The summed E-state index contributed by atoms with van der Waals surface area (Å²) in [5.41, 5.74) is -0.764. The third kappa shape index (κ3) is 4.75. The summed E-state index contributed by atoms with van der Waals surface area (Å²) in [5.74, 6) is 0.280. The van der Waals surface area contributed by atoms with Gasteiger partial charge in [0.15, 0.2) is 0 Å². The summed E-state index contributed by atoms with van der Waals surface area (Å²) in [4.78, 5) is 34.2. The van der Waals surface area contributed by atoms with E-state index in [9.17, 15) is 22.8 Å². The fourth-order valence-corrected chi connectivity index (χ4v) is 8.01. The van der Waals surface area contributed by atoms with E-state index in [-0.39, 0.29) is 52.0 Å². The SMILES string of the molecule is C=CC(=O)N1[C@H](C)CN(c2nc(=O)n3c4c(c(-c5cscc5Cl)c(C(F)(F)F)cc24)SC[C@@H]3COC)C[C@@H]1C. The fourth-order valence-electron chi connectivity index (χ4n) is 5.63. The average molecular weight is 599 g/mol. The van der Waals surface area contributed by atoms with Crippen LogP contribution in [0.5, 0.6) is 0 Å². The first-order valence-electron chi connectivity index (χ1n) is 12.2. The molecule has 0 N–H and O–H groups in total. The quantitative estimate of drug-likeness (QED) is 0.351. The van der Waals surface area contributed by atoms with Crippen LogP contribution in [0.3, 0.4) is 0 Å². The van der Waals surface area contributed by atoms with Gasteiger partial charge in [0, 0.05) is 70.2 Å². The molecule has 3 aromatic rings. The van der Waals surface area contributed by atoms with Crippen LogP contribution in [-0.4, -0.2) is 65.0 Å². The molecule has 0 saturated carbocycles. The van der Waals surface area contributed by atoms with Crippen molar-refractivity contribution in [3.05, 3.63) is 50.6 Å². The molecule has 39 heavy (non-hydrogen) atoms. The number of carbonyl (C=O) groups is 1. The summed E-state index contributed by atoms with van der Waals surface area (Å²) in [6.07, 6.45) is -3.45. The van der Waals surface area contributed by atoms with Crippen molar-refractivity contribution in [1.29, 1.82) is 0 Å². The second kappa shape index (κ2) is 10.5. The van der Waals surface area contributed by atoms with E-state index in [1.165, 1.54) is 40.9 Å². The number of piperazine rings is 1. The molecule has 2 aromatic heterocycles. The molecular weight excluding hydrogens is 573 g/mol. The number of anilines is 1. The summed E-state index contributed by atoms with van der Waals surface area (Å²) < 4.78 is 50.8. The van der Waals surface area contributed by atoms with E-state index in [0.29, 0.717) is 29.3 Å². The molecule has 7 nitrogen and oxygen atoms in total. The van der Waals surface area contributed by atoms with Crippen LogP contribution in [0.15, 0.2) is 39.2 Å². The molecule has 208 valence electrons. The van der Waals surface area contributed by atoms with E-state index >= 15 is 0 Å². The van der Waals surface area contributed by atoms with Crippen LogP contribution in [0.25, 0.3) is 22.0 Å². The minimum absolute atomic E-state index is 0.0319. The smallest absolute Gasteiger partial charge is 0.383 e. The molecule has 4 heterocycles. The lowest BCUT2D eigenvalue weighted by atomic mass is 9.97. The van der Waals surface area contributed by atoms with E-state index in [1.807, 2.05) is 13.8 Å². The summed E-state index contributed by atoms with van der Waals surface area (Å²) in [6, 6.07) is 0.110. The third-order valence-electron chi connectivity index (χ3n) is 7.13. The number of ether oxygens (including phenoxy) is 1. The molecule has 5 rings (SSSR count). The van der Waals surface area contributed by atoms with Gasteiger partial charge in [0.25, 0.3) is 0 Å². The number of nitrogens with zero attached hydrogens (tertiary/aromatic N) is 4. The van der Waals surface area contributed by atoms with Crippen molar-refractivity contribution >= 4 is 57.3 Å². The van der Waals surface area contributed by atoms with E-state index in [0.717, 1.165) is 6.07 Å². The summed E-state index contributed by atoms with van der Waals surface area (Å²) >= 11 is 8.84. The van der Waals surface area contributed by atoms with Gasteiger partial charge < -0.3 is 14.5 Å². The van der Waals surface area contributed by atoms with Crippen molar-refractivity contribution in [2.75, 3.05) is 37.5 Å². The molecule has 0 spiro atoms. The number of benzene rings is 1. The molecule has 1 aromatic carbocycles. The first-order chi connectivity index (χ1) is 18.5. The summed E-state index contributed by atoms with van der Waals surface area (Å²) in [5, 5.41) is 3.63. The van der Waals surface area contributed by atoms with Crippen molar-refractivity contribution in [2.45, 2.75) is 43.0 Å². The monoisotopic (exact) mass is 598 g/mol. The van der Waals surface area contributed by atoms with Gasteiger partial charge in [0.1, 0.15) is 5.82 Å². The molecule has 2 aliphatic heterocycles. The van der Waals surface area contributed by atoms with Crippen LogP contribution in [0.4, 0.5) is 19.0 Å². The lowest BCUT2D eigenvalue weighted by molar-refractivity contribution is -0.137. The van der Waals surface area contributed by atoms with Crippen LogP contribution in [0.1, 0.15) is 25.5 Å². The number of aromatic nitrogens is 2. The van der Waals surface area contributed by atoms with Crippen LogP contribution < -0.4 is 10.6 Å². The van der Waals surface area contributed by atoms with Crippen LogP contribution >= 0.6 is 34.7 Å². The highest BCUT2D eigenvalue weighted by molar-refractivity contribution is 7.99. The molecule has 3 atom stereocenters. The van der Waals surface area contributed by atoms with Crippen LogP contribution in [0.2, 0.25) is 5.02 Å². The fraction of sp³-hybridized carbons (Fsp3) is 0.423. The topological polar surface area (TPSA) is 67.7 Å². The summed E-state index contributed by atoms with van der Waals surface area (Å²) in [6.45, 7) is 8.06. The molecule has 0 unspecified atom stereocenters. The Kier molecular flexibility index (Phi) is 7.51. The highest BCUT2D eigenvalue weighted by Crippen LogP contribution is 2.51. The molecule has 1 saturated heterocycles. The molecule has 0 aliphatic carbocycles. The first-order valence-corrected chi connectivity index (χ1v) is 14.5. The van der Waals surface area contributed by atoms with Gasteiger partial charge in [0.2, 0.25) is 5.91 Å². The Morgan fingerprint density at radius 1 is 1.28 bits per heavy atom. The molecule has 13 heteroatoms. The van der Waals surface area contributed by atoms with Crippen molar-refractivity contribution in [3.8, 4) is 11.1 Å². The van der Waals surface area contributed by atoms with Gasteiger partial charge in [0.05, 0.1) is 28.8 Å². The lowest BCUT2D eigenvalue weighted by Crippen LogP contribution is -2.58. The number of hydrogen-bond donors (Lipinski definition) is 0. The van der Waals surface area contributed by atoms with E-state index in [2.05, 4.69) is 11.6 Å². The largest absolute Gasteiger partial charge is 0.417 e. The molecule has 1 amide bonds. The maximum Gasteiger partial charge on any atom is 0.417 e. The Morgan fingerprint density at radius 3 is 2.54 bits per heavy atom. The number of amides is 1. The van der Waals surface area contributed by atoms with E-state index in [4.69, 9.17) is 16.3 Å². The number of thiophene rings is 1. The maximum atomic E-state index is 14.7. The van der Waals surface area contributed by atoms with Crippen molar-refractivity contribution in [1.82, 2.24) is 14.5 Å². The average Bonchev–Trinajstić information content (AvgIpc) is 3.30.